The summed E-state index contributed by atoms with van der Waals surface area (Å²) in [6, 6.07) is 4.52. The number of halogens is 2. The predicted octanol–water partition coefficient (Wildman–Crippen LogP) is 4.07. The van der Waals surface area contributed by atoms with E-state index in [1.165, 1.54) is 6.07 Å². The van der Waals surface area contributed by atoms with Crippen molar-refractivity contribution in [1.29, 1.82) is 0 Å². The smallest absolute Gasteiger partial charge is 0.368 e. The van der Waals surface area contributed by atoms with Crippen LogP contribution in [0.25, 0.3) is 5.57 Å². The molecule has 1 aliphatic heterocycles. The molecule has 1 aromatic rings. The Morgan fingerprint density at radius 1 is 1.15 bits per heavy atom. The zero-order chi connectivity index (χ0) is 14.3. The lowest BCUT2D eigenvalue weighted by Gasteiger charge is -2.34. The van der Waals surface area contributed by atoms with Crippen LogP contribution in [0.5, 0.6) is 0 Å². The van der Waals surface area contributed by atoms with E-state index in [9.17, 15) is 13.6 Å². The summed E-state index contributed by atoms with van der Waals surface area (Å²) in [6.45, 7) is 1.81. The van der Waals surface area contributed by atoms with E-state index in [1.807, 2.05) is 6.92 Å². The molecule has 2 aliphatic rings. The van der Waals surface area contributed by atoms with Gasteiger partial charge < -0.3 is 4.74 Å². The molecule has 0 atom stereocenters. The van der Waals surface area contributed by atoms with Gasteiger partial charge >= 0.3 is 5.97 Å². The Labute approximate surface area is 116 Å². The number of carbonyl (C=O) groups is 1. The lowest BCUT2D eigenvalue weighted by atomic mass is 9.77. The standard InChI is InChI=1S/C16H16F2O2/c1-10-5-6-12(17)11(9-10)13-14(18)15(19)20-16(13)7-3-2-4-8-16/h5-6,9H,2-4,7-8H2,1H3. The molecule has 0 bridgehead atoms. The molecule has 1 fully saturated rings. The van der Waals surface area contributed by atoms with E-state index in [0.29, 0.717) is 12.8 Å². The van der Waals surface area contributed by atoms with Gasteiger partial charge in [0.15, 0.2) is 0 Å². The first-order valence-electron chi connectivity index (χ1n) is 6.94. The number of esters is 1. The molecule has 1 heterocycles. The van der Waals surface area contributed by atoms with Gasteiger partial charge in [0.05, 0.1) is 0 Å². The molecule has 1 aromatic carbocycles. The SMILES string of the molecule is Cc1ccc(F)c(C2=C(F)C(=O)OC23CCCCC3)c1. The van der Waals surface area contributed by atoms with Gasteiger partial charge in [-0.2, -0.15) is 4.39 Å². The van der Waals surface area contributed by atoms with Gasteiger partial charge in [-0.05, 0) is 44.7 Å². The summed E-state index contributed by atoms with van der Waals surface area (Å²) in [5.74, 6) is -2.40. The second kappa shape index (κ2) is 4.69. The van der Waals surface area contributed by atoms with Gasteiger partial charge in [0.2, 0.25) is 5.83 Å². The molecule has 1 spiro atoms. The fourth-order valence-electron chi connectivity index (χ4n) is 3.24. The summed E-state index contributed by atoms with van der Waals surface area (Å²) in [6.07, 6.45) is 3.88. The van der Waals surface area contributed by atoms with Crippen LogP contribution in [-0.4, -0.2) is 11.6 Å². The second-order valence-electron chi connectivity index (χ2n) is 5.62. The van der Waals surface area contributed by atoms with Crippen molar-refractivity contribution in [3.05, 3.63) is 41.0 Å². The van der Waals surface area contributed by atoms with Gasteiger partial charge in [-0.3, -0.25) is 0 Å². The van der Waals surface area contributed by atoms with Crippen molar-refractivity contribution in [2.45, 2.75) is 44.6 Å². The monoisotopic (exact) mass is 278 g/mol. The van der Waals surface area contributed by atoms with E-state index in [0.717, 1.165) is 24.8 Å². The van der Waals surface area contributed by atoms with Crippen LogP contribution in [0.2, 0.25) is 0 Å². The van der Waals surface area contributed by atoms with Crippen LogP contribution in [0, 0.1) is 12.7 Å². The number of hydrogen-bond acceptors (Lipinski definition) is 2. The van der Waals surface area contributed by atoms with Crippen molar-refractivity contribution < 1.29 is 18.3 Å². The summed E-state index contributed by atoms with van der Waals surface area (Å²) < 4.78 is 33.6. The highest BCUT2D eigenvalue weighted by molar-refractivity contribution is 6.02. The van der Waals surface area contributed by atoms with Gasteiger partial charge in [0, 0.05) is 11.1 Å². The van der Waals surface area contributed by atoms with Crippen molar-refractivity contribution in [3.8, 4) is 0 Å². The molecular formula is C16H16F2O2. The van der Waals surface area contributed by atoms with E-state index < -0.39 is 23.2 Å². The van der Waals surface area contributed by atoms with Crippen molar-refractivity contribution in [2.24, 2.45) is 0 Å². The third-order valence-corrected chi connectivity index (χ3v) is 4.19. The number of benzene rings is 1. The highest BCUT2D eigenvalue weighted by Crippen LogP contribution is 2.49. The quantitative estimate of drug-likeness (QED) is 0.724. The minimum atomic E-state index is -0.964. The Morgan fingerprint density at radius 2 is 1.85 bits per heavy atom. The van der Waals surface area contributed by atoms with Crippen LogP contribution in [0.1, 0.15) is 43.2 Å². The lowest BCUT2D eigenvalue weighted by molar-refractivity contribution is -0.149. The minimum absolute atomic E-state index is 0.114. The summed E-state index contributed by atoms with van der Waals surface area (Å²) in [7, 11) is 0. The first kappa shape index (κ1) is 13.3. The van der Waals surface area contributed by atoms with Crippen LogP contribution in [-0.2, 0) is 9.53 Å². The number of hydrogen-bond donors (Lipinski definition) is 0. The highest BCUT2D eigenvalue weighted by atomic mass is 19.1. The van der Waals surface area contributed by atoms with Gasteiger partial charge in [-0.25, -0.2) is 9.18 Å². The molecule has 106 valence electrons. The van der Waals surface area contributed by atoms with Crippen LogP contribution in [0.3, 0.4) is 0 Å². The Bertz CT molecular complexity index is 598. The maximum absolute atomic E-state index is 14.2. The third-order valence-electron chi connectivity index (χ3n) is 4.19. The lowest BCUT2D eigenvalue weighted by Crippen LogP contribution is -2.34. The molecule has 4 heteroatoms. The van der Waals surface area contributed by atoms with Crippen molar-refractivity contribution in [2.75, 3.05) is 0 Å². The molecule has 0 aromatic heterocycles. The fourth-order valence-corrected chi connectivity index (χ4v) is 3.24. The Balaban J connectivity index is 2.16. The molecule has 1 saturated carbocycles. The normalized spacial score (nSPS) is 21.4. The first-order valence-corrected chi connectivity index (χ1v) is 6.94. The molecule has 20 heavy (non-hydrogen) atoms. The number of rotatable bonds is 1. The van der Waals surface area contributed by atoms with Gasteiger partial charge in [-0.1, -0.05) is 18.1 Å². The average molecular weight is 278 g/mol. The molecule has 1 aliphatic carbocycles. The van der Waals surface area contributed by atoms with Crippen molar-refractivity contribution >= 4 is 11.5 Å². The Kier molecular flexibility index (Phi) is 3.11. The average Bonchev–Trinajstić information content (AvgIpc) is 2.65. The molecule has 3 rings (SSSR count). The second-order valence-corrected chi connectivity index (χ2v) is 5.62. The van der Waals surface area contributed by atoms with Crippen LogP contribution in [0.15, 0.2) is 24.0 Å². The predicted molar refractivity (Wildman–Crippen MR) is 71.1 cm³/mol. The van der Waals surface area contributed by atoms with Gasteiger partial charge in [0.25, 0.3) is 0 Å². The highest BCUT2D eigenvalue weighted by Gasteiger charge is 2.49. The van der Waals surface area contributed by atoms with Gasteiger partial charge in [-0.15, -0.1) is 0 Å². The minimum Gasteiger partial charge on any atom is -0.449 e. The molecule has 0 saturated heterocycles. The van der Waals surface area contributed by atoms with Crippen molar-refractivity contribution in [3.63, 3.8) is 0 Å². The zero-order valence-corrected chi connectivity index (χ0v) is 11.3. The topological polar surface area (TPSA) is 26.3 Å². The third kappa shape index (κ3) is 1.94. The largest absolute Gasteiger partial charge is 0.449 e. The molecular weight excluding hydrogens is 262 g/mol. The maximum Gasteiger partial charge on any atom is 0.368 e. The molecule has 0 N–H and O–H groups in total. The van der Waals surface area contributed by atoms with Crippen LogP contribution in [0.4, 0.5) is 8.78 Å². The number of aryl methyl sites for hydroxylation is 1. The number of ether oxygens (including phenoxy) is 1. The number of carbonyl (C=O) groups excluding carboxylic acids is 1. The Morgan fingerprint density at radius 3 is 2.55 bits per heavy atom. The summed E-state index contributed by atoms with van der Waals surface area (Å²) >= 11 is 0. The fraction of sp³-hybridized carbons (Fsp3) is 0.438. The first-order chi connectivity index (χ1) is 9.53. The van der Waals surface area contributed by atoms with Crippen molar-refractivity contribution in [1.82, 2.24) is 0 Å². The summed E-state index contributed by atoms with van der Waals surface area (Å²) in [5, 5.41) is 0. The zero-order valence-electron chi connectivity index (χ0n) is 11.3. The van der Waals surface area contributed by atoms with Crippen LogP contribution < -0.4 is 0 Å². The summed E-state index contributed by atoms with van der Waals surface area (Å²) in [5.41, 5.74) is 0.138. The molecule has 2 nitrogen and oxygen atoms in total. The Hall–Kier alpha value is -1.71. The van der Waals surface area contributed by atoms with Gasteiger partial charge in [0.1, 0.15) is 11.4 Å². The summed E-state index contributed by atoms with van der Waals surface area (Å²) in [4.78, 5) is 11.6. The molecule has 0 radical (unpaired) electrons. The van der Waals surface area contributed by atoms with E-state index >= 15 is 0 Å². The van der Waals surface area contributed by atoms with E-state index in [-0.39, 0.29) is 11.1 Å². The van der Waals surface area contributed by atoms with Crippen LogP contribution >= 0.6 is 0 Å². The van der Waals surface area contributed by atoms with E-state index in [1.54, 1.807) is 12.1 Å². The maximum atomic E-state index is 14.2. The molecule has 0 unspecified atom stereocenters. The van der Waals surface area contributed by atoms with E-state index in [2.05, 4.69) is 0 Å². The van der Waals surface area contributed by atoms with E-state index in [4.69, 9.17) is 4.74 Å². The molecule has 0 amide bonds.